The summed E-state index contributed by atoms with van der Waals surface area (Å²) in [5.74, 6) is 0. The monoisotopic (exact) mass is 420 g/mol. The Kier molecular flexibility index (Phi) is 6.59. The van der Waals surface area contributed by atoms with Gasteiger partial charge in [0.05, 0.1) is 16.2 Å². The van der Waals surface area contributed by atoms with Gasteiger partial charge in [0.1, 0.15) is 5.69 Å². The van der Waals surface area contributed by atoms with Crippen LogP contribution in [0, 0.1) is 10.1 Å². The van der Waals surface area contributed by atoms with Crippen molar-refractivity contribution in [3.05, 3.63) is 63.7 Å². The van der Waals surface area contributed by atoms with Crippen LogP contribution in [0.4, 0.5) is 30.2 Å². The second kappa shape index (κ2) is 9.15. The fourth-order valence-electron chi connectivity index (χ4n) is 3.40. The summed E-state index contributed by atoms with van der Waals surface area (Å²) in [5.41, 5.74) is 3.18. The third-order valence-electron chi connectivity index (χ3n) is 5.12. The molecule has 1 saturated heterocycles. The van der Waals surface area contributed by atoms with Gasteiger partial charge in [-0.25, -0.2) is 0 Å². The molecule has 1 N–H and O–H groups in total. The van der Waals surface area contributed by atoms with Crippen LogP contribution >= 0.6 is 0 Å². The van der Waals surface area contributed by atoms with Crippen LogP contribution in [0.15, 0.2) is 47.6 Å². The minimum absolute atomic E-state index is 0.103. The first-order valence-corrected chi connectivity index (χ1v) is 9.77. The molecule has 0 spiro atoms. The fourth-order valence-corrected chi connectivity index (χ4v) is 3.40. The van der Waals surface area contributed by atoms with Crippen LogP contribution in [0.2, 0.25) is 0 Å². The van der Waals surface area contributed by atoms with Gasteiger partial charge in [-0.2, -0.15) is 18.3 Å². The molecular formula is C21H23F3N4O2. The Hall–Kier alpha value is -3.10. The molecule has 0 bridgehead atoms. The molecule has 1 aliphatic heterocycles. The number of halogens is 3. The van der Waals surface area contributed by atoms with E-state index in [0.717, 1.165) is 36.5 Å². The lowest BCUT2D eigenvalue weighted by Gasteiger charge is -2.22. The summed E-state index contributed by atoms with van der Waals surface area (Å²) in [7, 11) is 0. The van der Waals surface area contributed by atoms with E-state index in [1.165, 1.54) is 25.7 Å². The van der Waals surface area contributed by atoms with E-state index < -0.39 is 22.4 Å². The highest BCUT2D eigenvalue weighted by atomic mass is 19.4. The van der Waals surface area contributed by atoms with Gasteiger partial charge in [-0.05, 0) is 49.6 Å². The standard InChI is InChI=1S/C21H23F3N4O2/c1-15(16-6-9-18(10-7-16)27-12-4-2-3-5-13-27)25-26-19-11-8-17(21(22,23)24)14-20(19)28(29)30/h6-11,14,26H,2-5,12-13H2,1H3. The third kappa shape index (κ3) is 5.28. The first kappa shape index (κ1) is 21.6. The molecule has 0 saturated carbocycles. The van der Waals surface area contributed by atoms with E-state index in [4.69, 9.17) is 0 Å². The molecule has 6 nitrogen and oxygen atoms in total. The average molecular weight is 420 g/mol. The highest BCUT2D eigenvalue weighted by molar-refractivity contribution is 5.99. The van der Waals surface area contributed by atoms with Crippen molar-refractivity contribution in [2.75, 3.05) is 23.4 Å². The van der Waals surface area contributed by atoms with Gasteiger partial charge < -0.3 is 4.90 Å². The van der Waals surface area contributed by atoms with Gasteiger partial charge in [-0.3, -0.25) is 15.5 Å². The summed E-state index contributed by atoms with van der Waals surface area (Å²) in [6.07, 6.45) is 0.206. The smallest absolute Gasteiger partial charge is 0.372 e. The quantitative estimate of drug-likeness (QED) is 0.375. The highest BCUT2D eigenvalue weighted by Crippen LogP contribution is 2.35. The van der Waals surface area contributed by atoms with Crippen LogP contribution < -0.4 is 10.3 Å². The molecule has 0 unspecified atom stereocenters. The Morgan fingerprint density at radius 1 is 1.07 bits per heavy atom. The molecule has 1 aliphatic rings. The van der Waals surface area contributed by atoms with E-state index in [1.54, 1.807) is 6.92 Å². The van der Waals surface area contributed by atoms with Gasteiger partial charge in [0.25, 0.3) is 5.69 Å². The maximum absolute atomic E-state index is 12.8. The summed E-state index contributed by atoms with van der Waals surface area (Å²) in [4.78, 5) is 12.7. The van der Waals surface area contributed by atoms with Gasteiger partial charge in [0, 0.05) is 24.8 Å². The number of hydrogen-bond donors (Lipinski definition) is 1. The van der Waals surface area contributed by atoms with E-state index in [9.17, 15) is 23.3 Å². The minimum Gasteiger partial charge on any atom is -0.372 e. The average Bonchev–Trinajstić information content (AvgIpc) is 3.01. The topological polar surface area (TPSA) is 70.8 Å². The number of alkyl halides is 3. The zero-order valence-corrected chi connectivity index (χ0v) is 16.6. The van der Waals surface area contributed by atoms with E-state index in [1.807, 2.05) is 24.3 Å². The number of nitro groups is 1. The number of hydrogen-bond acceptors (Lipinski definition) is 5. The lowest BCUT2D eigenvalue weighted by atomic mass is 10.1. The molecule has 2 aromatic carbocycles. The number of hydrazone groups is 1. The lowest BCUT2D eigenvalue weighted by molar-refractivity contribution is -0.384. The molecule has 0 aromatic heterocycles. The van der Waals surface area contributed by atoms with Gasteiger partial charge in [-0.1, -0.05) is 25.0 Å². The molecule has 30 heavy (non-hydrogen) atoms. The summed E-state index contributed by atoms with van der Waals surface area (Å²) >= 11 is 0. The Bertz CT molecular complexity index is 919. The van der Waals surface area contributed by atoms with Crippen LogP contribution in [-0.2, 0) is 6.18 Å². The fraction of sp³-hybridized carbons (Fsp3) is 0.381. The number of nitro benzene ring substituents is 1. The first-order valence-electron chi connectivity index (χ1n) is 9.77. The predicted molar refractivity (Wildman–Crippen MR) is 111 cm³/mol. The predicted octanol–water partition coefficient (Wildman–Crippen LogP) is 5.83. The van der Waals surface area contributed by atoms with Crippen LogP contribution in [0.5, 0.6) is 0 Å². The Balaban J connectivity index is 1.75. The SMILES string of the molecule is CC(=NNc1ccc(C(F)(F)F)cc1[N+](=O)[O-])c1ccc(N2CCCCCC2)cc1. The van der Waals surface area contributed by atoms with Gasteiger partial charge in [0.15, 0.2) is 0 Å². The largest absolute Gasteiger partial charge is 0.416 e. The summed E-state index contributed by atoms with van der Waals surface area (Å²) in [6, 6.07) is 10.2. The van der Waals surface area contributed by atoms with E-state index >= 15 is 0 Å². The lowest BCUT2D eigenvalue weighted by Crippen LogP contribution is -2.23. The molecule has 1 heterocycles. The normalized spacial score (nSPS) is 15.6. The molecular weight excluding hydrogens is 397 g/mol. The molecule has 9 heteroatoms. The molecule has 160 valence electrons. The van der Waals surface area contributed by atoms with Crippen molar-refractivity contribution in [2.45, 2.75) is 38.8 Å². The number of nitrogens with zero attached hydrogens (tertiary/aromatic N) is 3. The van der Waals surface area contributed by atoms with E-state index in [2.05, 4.69) is 15.4 Å². The maximum Gasteiger partial charge on any atom is 0.416 e. The van der Waals surface area contributed by atoms with Crippen molar-refractivity contribution >= 4 is 22.8 Å². The maximum atomic E-state index is 12.8. The first-order chi connectivity index (χ1) is 14.3. The van der Waals surface area contributed by atoms with Crippen LogP contribution in [0.3, 0.4) is 0 Å². The summed E-state index contributed by atoms with van der Waals surface area (Å²) < 4.78 is 38.4. The van der Waals surface area contributed by atoms with E-state index in [-0.39, 0.29) is 5.69 Å². The van der Waals surface area contributed by atoms with Crippen molar-refractivity contribution in [2.24, 2.45) is 5.10 Å². The van der Waals surface area contributed by atoms with Crippen molar-refractivity contribution in [1.82, 2.24) is 0 Å². The number of benzene rings is 2. The van der Waals surface area contributed by atoms with E-state index in [0.29, 0.717) is 11.8 Å². The van der Waals surface area contributed by atoms with Crippen molar-refractivity contribution in [1.29, 1.82) is 0 Å². The minimum atomic E-state index is -4.66. The van der Waals surface area contributed by atoms with Crippen molar-refractivity contribution in [3.8, 4) is 0 Å². The molecule has 0 amide bonds. The molecule has 0 atom stereocenters. The number of rotatable bonds is 5. The molecule has 3 rings (SSSR count). The zero-order valence-electron chi connectivity index (χ0n) is 16.6. The molecule has 2 aromatic rings. The van der Waals surface area contributed by atoms with Crippen LogP contribution in [0.25, 0.3) is 0 Å². The zero-order chi connectivity index (χ0) is 21.7. The van der Waals surface area contributed by atoms with Gasteiger partial charge in [0.2, 0.25) is 0 Å². The number of nitrogens with one attached hydrogen (secondary N) is 1. The Morgan fingerprint density at radius 3 is 2.27 bits per heavy atom. The second-order valence-electron chi connectivity index (χ2n) is 7.24. The summed E-state index contributed by atoms with van der Waals surface area (Å²) in [5, 5.41) is 15.3. The van der Waals surface area contributed by atoms with Crippen LogP contribution in [-0.4, -0.2) is 23.7 Å². The van der Waals surface area contributed by atoms with Gasteiger partial charge >= 0.3 is 6.18 Å². The molecule has 0 radical (unpaired) electrons. The molecule has 1 fully saturated rings. The Labute approximate surface area is 172 Å². The third-order valence-corrected chi connectivity index (χ3v) is 5.12. The van der Waals surface area contributed by atoms with Crippen LogP contribution in [0.1, 0.15) is 43.7 Å². The highest BCUT2D eigenvalue weighted by Gasteiger charge is 2.33. The Morgan fingerprint density at radius 2 is 1.70 bits per heavy atom. The van der Waals surface area contributed by atoms with Crippen molar-refractivity contribution < 1.29 is 18.1 Å². The number of anilines is 2. The summed E-state index contributed by atoms with van der Waals surface area (Å²) in [6.45, 7) is 3.79. The second-order valence-corrected chi connectivity index (χ2v) is 7.24. The molecule has 0 aliphatic carbocycles. The van der Waals surface area contributed by atoms with Gasteiger partial charge in [-0.15, -0.1) is 0 Å². The van der Waals surface area contributed by atoms with Crippen molar-refractivity contribution in [3.63, 3.8) is 0 Å².